The number of aromatic amines is 1. The molecule has 2 N–H and O–H groups in total. The van der Waals surface area contributed by atoms with E-state index in [1.807, 2.05) is 0 Å². The van der Waals surface area contributed by atoms with E-state index in [0.717, 1.165) is 25.9 Å². The lowest BCUT2D eigenvalue weighted by Gasteiger charge is -2.35. The zero-order chi connectivity index (χ0) is 16.9. The molecule has 0 spiro atoms. The van der Waals surface area contributed by atoms with Gasteiger partial charge in [0.15, 0.2) is 0 Å². The molecule has 1 aliphatic rings. The summed E-state index contributed by atoms with van der Waals surface area (Å²) in [7, 11) is 0. The summed E-state index contributed by atoms with van der Waals surface area (Å²) in [4.78, 5) is 25.6. The Morgan fingerprint density at radius 3 is 2.79 bits per heavy atom. The lowest BCUT2D eigenvalue weighted by Crippen LogP contribution is -2.45. The summed E-state index contributed by atoms with van der Waals surface area (Å²) in [5, 5.41) is 8.97. The lowest BCUT2D eigenvalue weighted by molar-refractivity contribution is 0.0920. The van der Waals surface area contributed by atoms with Gasteiger partial charge in [0.05, 0.1) is 0 Å². The molecule has 1 aliphatic heterocycles. The van der Waals surface area contributed by atoms with E-state index < -0.39 is 0 Å². The molecular formula is C18H22N4O2. The first kappa shape index (κ1) is 16.4. The Balaban J connectivity index is 1.60. The maximum Gasteiger partial charge on any atom is 0.271 e. The molecule has 0 radical (unpaired) electrons. The van der Waals surface area contributed by atoms with Gasteiger partial charge < -0.3 is 5.32 Å². The Morgan fingerprint density at radius 2 is 2.08 bits per heavy atom. The zero-order valence-corrected chi connectivity index (χ0v) is 13.8. The molecule has 2 heterocycles. The number of nitrogens with zero attached hydrogens (tertiary/aromatic N) is 2. The van der Waals surface area contributed by atoms with Crippen LogP contribution in [0, 0.1) is 0 Å². The normalized spacial score (nSPS) is 15.5. The molecule has 0 fully saturated rings. The van der Waals surface area contributed by atoms with E-state index in [4.69, 9.17) is 0 Å². The molecule has 3 rings (SSSR count). The van der Waals surface area contributed by atoms with Crippen molar-refractivity contribution in [1.29, 1.82) is 0 Å². The van der Waals surface area contributed by atoms with Gasteiger partial charge in [0.25, 0.3) is 11.5 Å². The first-order chi connectivity index (χ1) is 11.7. The fraction of sp³-hybridized carbons (Fsp3) is 0.389. The summed E-state index contributed by atoms with van der Waals surface area (Å²) in [5.74, 6) is -0.262. The number of fused-ring (bicyclic) bond motifs is 1. The van der Waals surface area contributed by atoms with Crippen LogP contribution in [0.1, 0.15) is 35.0 Å². The Hall–Kier alpha value is -2.47. The summed E-state index contributed by atoms with van der Waals surface area (Å²) >= 11 is 0. The van der Waals surface area contributed by atoms with Crippen LogP contribution in [0.2, 0.25) is 0 Å². The molecule has 0 aliphatic carbocycles. The van der Waals surface area contributed by atoms with Crippen LogP contribution < -0.4 is 10.9 Å². The van der Waals surface area contributed by atoms with Gasteiger partial charge in [-0.1, -0.05) is 31.2 Å². The molecule has 1 atom stereocenters. The van der Waals surface area contributed by atoms with Crippen molar-refractivity contribution in [2.24, 2.45) is 0 Å². The quantitative estimate of drug-likeness (QED) is 0.869. The average molecular weight is 326 g/mol. The third kappa shape index (κ3) is 3.71. The largest absolute Gasteiger partial charge is 0.349 e. The second kappa shape index (κ2) is 7.40. The molecular weight excluding hydrogens is 304 g/mol. The number of rotatable bonds is 5. The molecule has 0 saturated carbocycles. The number of carbonyl (C=O) groups is 1. The van der Waals surface area contributed by atoms with Gasteiger partial charge >= 0.3 is 0 Å². The van der Waals surface area contributed by atoms with Crippen molar-refractivity contribution in [3.8, 4) is 0 Å². The maximum absolute atomic E-state index is 12.1. The molecule has 1 aromatic heterocycles. The van der Waals surface area contributed by atoms with E-state index in [1.54, 1.807) is 0 Å². The van der Waals surface area contributed by atoms with Gasteiger partial charge in [-0.25, -0.2) is 5.10 Å². The van der Waals surface area contributed by atoms with Crippen molar-refractivity contribution in [3.63, 3.8) is 0 Å². The Kier molecular flexibility index (Phi) is 5.05. The number of nitrogens with one attached hydrogen (secondary N) is 2. The molecule has 126 valence electrons. The minimum absolute atomic E-state index is 0.230. The van der Waals surface area contributed by atoms with E-state index in [-0.39, 0.29) is 23.2 Å². The molecule has 0 bridgehead atoms. The second-order valence-electron chi connectivity index (χ2n) is 6.07. The standard InChI is InChI=1S/C18H22N4O2/c1-2-15(11-19-18(24)16-7-8-17(23)21-20-16)22-10-9-13-5-3-4-6-14(13)12-22/h3-8,15H,2,9-12H2,1H3,(H,19,24)(H,21,23)/t15-/m0/s1. The fourth-order valence-corrected chi connectivity index (χ4v) is 3.13. The number of amides is 1. The van der Waals surface area contributed by atoms with Crippen molar-refractivity contribution in [3.05, 3.63) is 63.6 Å². The molecule has 1 aromatic carbocycles. The van der Waals surface area contributed by atoms with Gasteiger partial charge in [-0.2, -0.15) is 5.10 Å². The topological polar surface area (TPSA) is 78.1 Å². The Morgan fingerprint density at radius 1 is 1.29 bits per heavy atom. The van der Waals surface area contributed by atoms with E-state index in [0.29, 0.717) is 6.54 Å². The van der Waals surface area contributed by atoms with Gasteiger partial charge in [0.2, 0.25) is 0 Å². The third-order valence-corrected chi connectivity index (χ3v) is 4.56. The van der Waals surface area contributed by atoms with Crippen LogP contribution in [0.15, 0.2) is 41.2 Å². The highest BCUT2D eigenvalue weighted by molar-refractivity contribution is 5.91. The number of aromatic nitrogens is 2. The molecule has 0 saturated heterocycles. The molecule has 0 unspecified atom stereocenters. The van der Waals surface area contributed by atoms with Crippen molar-refractivity contribution in [2.45, 2.75) is 32.4 Å². The van der Waals surface area contributed by atoms with Gasteiger partial charge in [0, 0.05) is 31.7 Å². The van der Waals surface area contributed by atoms with Gasteiger partial charge in [-0.3, -0.25) is 14.5 Å². The minimum atomic E-state index is -0.315. The van der Waals surface area contributed by atoms with Crippen LogP contribution in [0.3, 0.4) is 0 Å². The minimum Gasteiger partial charge on any atom is -0.349 e. The van der Waals surface area contributed by atoms with Gasteiger partial charge in [-0.15, -0.1) is 0 Å². The maximum atomic E-state index is 12.1. The van der Waals surface area contributed by atoms with Crippen LogP contribution in [0.4, 0.5) is 0 Å². The second-order valence-corrected chi connectivity index (χ2v) is 6.07. The SMILES string of the molecule is CC[C@@H](CNC(=O)c1ccc(=O)[nH]n1)N1CCc2ccccc2C1. The highest BCUT2D eigenvalue weighted by atomic mass is 16.2. The summed E-state index contributed by atoms with van der Waals surface area (Å²) in [5.41, 5.74) is 2.71. The molecule has 6 heteroatoms. The zero-order valence-electron chi connectivity index (χ0n) is 13.8. The number of H-pyrrole nitrogens is 1. The number of hydrogen-bond donors (Lipinski definition) is 2. The summed E-state index contributed by atoms with van der Waals surface area (Å²) in [6, 6.07) is 11.6. The molecule has 24 heavy (non-hydrogen) atoms. The highest BCUT2D eigenvalue weighted by Crippen LogP contribution is 2.21. The predicted molar refractivity (Wildman–Crippen MR) is 91.8 cm³/mol. The molecule has 6 nitrogen and oxygen atoms in total. The Labute approximate surface area is 140 Å². The monoisotopic (exact) mass is 326 g/mol. The first-order valence-corrected chi connectivity index (χ1v) is 8.32. The van der Waals surface area contributed by atoms with Crippen LogP contribution in [0.25, 0.3) is 0 Å². The van der Waals surface area contributed by atoms with Gasteiger partial charge in [-0.05, 0) is 30.0 Å². The number of carbonyl (C=O) groups excluding carboxylic acids is 1. The average Bonchev–Trinajstić information content (AvgIpc) is 2.62. The summed E-state index contributed by atoms with van der Waals surface area (Å²) in [6.07, 6.45) is 2.00. The van der Waals surface area contributed by atoms with E-state index in [2.05, 4.69) is 51.6 Å². The summed E-state index contributed by atoms with van der Waals surface area (Å²) in [6.45, 7) is 4.62. The van der Waals surface area contributed by atoms with Crippen molar-refractivity contribution < 1.29 is 4.79 Å². The number of hydrogen-bond acceptors (Lipinski definition) is 4. The fourth-order valence-electron chi connectivity index (χ4n) is 3.13. The van der Waals surface area contributed by atoms with Crippen LogP contribution in [-0.2, 0) is 13.0 Å². The van der Waals surface area contributed by atoms with Gasteiger partial charge in [0.1, 0.15) is 5.69 Å². The van der Waals surface area contributed by atoms with E-state index in [9.17, 15) is 9.59 Å². The Bertz CT molecular complexity index is 751. The van der Waals surface area contributed by atoms with Crippen LogP contribution >= 0.6 is 0 Å². The van der Waals surface area contributed by atoms with Crippen molar-refractivity contribution in [2.75, 3.05) is 13.1 Å². The smallest absolute Gasteiger partial charge is 0.271 e. The predicted octanol–water partition coefficient (Wildman–Crippen LogP) is 1.34. The highest BCUT2D eigenvalue weighted by Gasteiger charge is 2.22. The van der Waals surface area contributed by atoms with Crippen molar-refractivity contribution in [1.82, 2.24) is 20.4 Å². The first-order valence-electron chi connectivity index (χ1n) is 8.32. The van der Waals surface area contributed by atoms with Crippen LogP contribution in [-0.4, -0.2) is 40.1 Å². The van der Waals surface area contributed by atoms with E-state index in [1.165, 1.54) is 23.3 Å². The van der Waals surface area contributed by atoms with Crippen molar-refractivity contribution >= 4 is 5.91 Å². The molecule has 2 aromatic rings. The number of benzene rings is 1. The van der Waals surface area contributed by atoms with E-state index >= 15 is 0 Å². The summed E-state index contributed by atoms with van der Waals surface area (Å²) < 4.78 is 0. The third-order valence-electron chi connectivity index (χ3n) is 4.56. The van der Waals surface area contributed by atoms with Crippen LogP contribution in [0.5, 0.6) is 0 Å². The lowest BCUT2D eigenvalue weighted by atomic mass is 9.98. The molecule has 1 amide bonds.